The van der Waals surface area contributed by atoms with Crippen LogP contribution in [-0.4, -0.2) is 35.2 Å². The zero-order valence-electron chi connectivity index (χ0n) is 11.8. The number of halogens is 2. The fourth-order valence-corrected chi connectivity index (χ4v) is 2.41. The van der Waals surface area contributed by atoms with Crippen LogP contribution in [0.1, 0.15) is 31.9 Å². The standard InChI is InChI=1S/C14H18F2N2O3/c1-14(15,16)8-12(19)18-6-2-5-11(18)13(20)17-9-10-4-3-7-21-10/h3-4,7,11H,2,5-6,8-9H2,1H3,(H,17,20). The second-order valence-electron chi connectivity index (χ2n) is 5.29. The molecule has 1 N–H and O–H groups in total. The summed E-state index contributed by atoms with van der Waals surface area (Å²) in [5.41, 5.74) is 0. The van der Waals surface area contributed by atoms with Gasteiger partial charge in [-0.1, -0.05) is 0 Å². The largest absolute Gasteiger partial charge is 0.467 e. The molecule has 2 heterocycles. The van der Waals surface area contributed by atoms with Crippen LogP contribution in [0.3, 0.4) is 0 Å². The number of carbonyl (C=O) groups excluding carboxylic acids is 2. The SMILES string of the molecule is CC(F)(F)CC(=O)N1CCCC1C(=O)NCc1ccco1. The summed E-state index contributed by atoms with van der Waals surface area (Å²) in [6.45, 7) is 1.26. The average Bonchev–Trinajstić information content (AvgIpc) is 3.05. The zero-order valence-corrected chi connectivity index (χ0v) is 11.8. The molecule has 0 radical (unpaired) electrons. The summed E-state index contributed by atoms with van der Waals surface area (Å²) >= 11 is 0. The fourth-order valence-electron chi connectivity index (χ4n) is 2.41. The predicted molar refractivity (Wildman–Crippen MR) is 70.5 cm³/mol. The molecule has 7 heteroatoms. The summed E-state index contributed by atoms with van der Waals surface area (Å²) in [6, 6.07) is 2.75. The first kappa shape index (κ1) is 15.5. The Morgan fingerprint density at radius 1 is 1.52 bits per heavy atom. The van der Waals surface area contributed by atoms with Gasteiger partial charge in [-0.05, 0) is 31.9 Å². The van der Waals surface area contributed by atoms with E-state index in [1.807, 2.05) is 0 Å². The Morgan fingerprint density at radius 3 is 2.90 bits per heavy atom. The molecule has 1 atom stereocenters. The normalized spacial score (nSPS) is 18.8. The Kier molecular flexibility index (Phi) is 4.59. The minimum Gasteiger partial charge on any atom is -0.467 e. The quantitative estimate of drug-likeness (QED) is 0.904. The number of nitrogens with one attached hydrogen (secondary N) is 1. The maximum Gasteiger partial charge on any atom is 0.254 e. The molecule has 0 saturated carbocycles. The molecule has 1 aliphatic rings. The van der Waals surface area contributed by atoms with Gasteiger partial charge in [0, 0.05) is 6.54 Å². The summed E-state index contributed by atoms with van der Waals surface area (Å²) in [5, 5.41) is 2.66. The van der Waals surface area contributed by atoms with E-state index in [9.17, 15) is 18.4 Å². The molecule has 1 aromatic heterocycles. The van der Waals surface area contributed by atoms with Crippen molar-refractivity contribution < 1.29 is 22.8 Å². The van der Waals surface area contributed by atoms with Gasteiger partial charge >= 0.3 is 0 Å². The Hall–Kier alpha value is -1.92. The van der Waals surface area contributed by atoms with Crippen molar-refractivity contribution in [1.82, 2.24) is 10.2 Å². The van der Waals surface area contributed by atoms with Gasteiger partial charge in [0.25, 0.3) is 5.92 Å². The van der Waals surface area contributed by atoms with E-state index in [0.717, 1.165) is 0 Å². The molecule has 0 spiro atoms. The zero-order chi connectivity index (χ0) is 15.5. The number of carbonyl (C=O) groups is 2. The van der Waals surface area contributed by atoms with Crippen molar-refractivity contribution in [3.05, 3.63) is 24.2 Å². The van der Waals surface area contributed by atoms with E-state index >= 15 is 0 Å². The van der Waals surface area contributed by atoms with Gasteiger partial charge in [-0.2, -0.15) is 0 Å². The van der Waals surface area contributed by atoms with Gasteiger partial charge in [-0.25, -0.2) is 8.78 Å². The molecule has 0 aliphatic carbocycles. The van der Waals surface area contributed by atoms with Gasteiger partial charge in [-0.3, -0.25) is 9.59 Å². The summed E-state index contributed by atoms with van der Waals surface area (Å²) in [6.07, 6.45) is 1.76. The number of likely N-dealkylation sites (tertiary alicyclic amines) is 1. The summed E-state index contributed by atoms with van der Waals surface area (Å²) in [5.74, 6) is -3.48. The Bertz CT molecular complexity index is 497. The van der Waals surface area contributed by atoms with Crippen molar-refractivity contribution in [1.29, 1.82) is 0 Å². The highest BCUT2D eigenvalue weighted by molar-refractivity contribution is 5.88. The minimum atomic E-state index is -3.06. The third kappa shape index (κ3) is 4.27. The van der Waals surface area contributed by atoms with Crippen LogP contribution in [0.5, 0.6) is 0 Å². The number of nitrogens with zero attached hydrogens (tertiary/aromatic N) is 1. The van der Waals surface area contributed by atoms with E-state index in [-0.39, 0.29) is 12.5 Å². The van der Waals surface area contributed by atoms with Gasteiger partial charge in [-0.15, -0.1) is 0 Å². The van der Waals surface area contributed by atoms with E-state index in [1.54, 1.807) is 12.1 Å². The number of rotatable bonds is 5. The van der Waals surface area contributed by atoms with Gasteiger partial charge < -0.3 is 14.6 Å². The van der Waals surface area contributed by atoms with Crippen LogP contribution in [0, 0.1) is 0 Å². The van der Waals surface area contributed by atoms with E-state index in [4.69, 9.17) is 4.42 Å². The molecule has 2 rings (SSSR count). The molecule has 116 valence electrons. The third-order valence-electron chi connectivity index (χ3n) is 3.35. The summed E-state index contributed by atoms with van der Waals surface area (Å²) in [4.78, 5) is 25.2. The lowest BCUT2D eigenvalue weighted by Gasteiger charge is -2.25. The number of furan rings is 1. The molecule has 0 aromatic carbocycles. The van der Waals surface area contributed by atoms with Crippen molar-refractivity contribution in [3.8, 4) is 0 Å². The highest BCUT2D eigenvalue weighted by Crippen LogP contribution is 2.23. The fraction of sp³-hybridized carbons (Fsp3) is 0.571. The maximum absolute atomic E-state index is 12.9. The average molecular weight is 300 g/mol. The summed E-state index contributed by atoms with van der Waals surface area (Å²) < 4.78 is 30.9. The van der Waals surface area contributed by atoms with Crippen molar-refractivity contribution >= 4 is 11.8 Å². The molecule has 1 aromatic rings. The van der Waals surface area contributed by atoms with Gasteiger partial charge in [0.2, 0.25) is 11.8 Å². The predicted octanol–water partition coefficient (Wildman–Crippen LogP) is 1.93. The summed E-state index contributed by atoms with van der Waals surface area (Å²) in [7, 11) is 0. The van der Waals surface area contributed by atoms with Crippen molar-refractivity contribution in [2.24, 2.45) is 0 Å². The van der Waals surface area contributed by atoms with E-state index in [2.05, 4.69) is 5.32 Å². The number of hydrogen-bond donors (Lipinski definition) is 1. The monoisotopic (exact) mass is 300 g/mol. The minimum absolute atomic E-state index is 0.217. The molecule has 21 heavy (non-hydrogen) atoms. The van der Waals surface area contributed by atoms with Crippen LogP contribution in [-0.2, 0) is 16.1 Å². The van der Waals surface area contributed by atoms with E-state index < -0.39 is 24.3 Å². The maximum atomic E-state index is 12.9. The first-order chi connectivity index (χ1) is 9.87. The van der Waals surface area contributed by atoms with Crippen LogP contribution in [0.4, 0.5) is 8.78 Å². The molecular weight excluding hydrogens is 282 g/mol. The van der Waals surface area contributed by atoms with Crippen LogP contribution in [0.25, 0.3) is 0 Å². The molecule has 1 unspecified atom stereocenters. The second kappa shape index (κ2) is 6.24. The van der Waals surface area contributed by atoms with Crippen LogP contribution in [0.2, 0.25) is 0 Å². The third-order valence-corrected chi connectivity index (χ3v) is 3.35. The lowest BCUT2D eigenvalue weighted by molar-refractivity contribution is -0.143. The Balaban J connectivity index is 1.91. The van der Waals surface area contributed by atoms with Crippen molar-refractivity contribution in [3.63, 3.8) is 0 Å². The van der Waals surface area contributed by atoms with Crippen LogP contribution >= 0.6 is 0 Å². The van der Waals surface area contributed by atoms with Gasteiger partial charge in [0.15, 0.2) is 0 Å². The van der Waals surface area contributed by atoms with Crippen LogP contribution in [0.15, 0.2) is 22.8 Å². The first-order valence-corrected chi connectivity index (χ1v) is 6.84. The van der Waals surface area contributed by atoms with Gasteiger partial charge in [0.1, 0.15) is 11.8 Å². The highest BCUT2D eigenvalue weighted by Gasteiger charge is 2.37. The smallest absolute Gasteiger partial charge is 0.254 e. The molecule has 0 bridgehead atoms. The van der Waals surface area contributed by atoms with Crippen molar-refractivity contribution in [2.45, 2.75) is 44.7 Å². The molecule has 1 fully saturated rings. The molecule has 1 aliphatic heterocycles. The lowest BCUT2D eigenvalue weighted by Crippen LogP contribution is -2.46. The van der Waals surface area contributed by atoms with Gasteiger partial charge in [0.05, 0.1) is 19.2 Å². The Labute approximate surface area is 121 Å². The topological polar surface area (TPSA) is 62.6 Å². The lowest BCUT2D eigenvalue weighted by atomic mass is 10.2. The molecule has 5 nitrogen and oxygen atoms in total. The van der Waals surface area contributed by atoms with E-state index in [1.165, 1.54) is 11.2 Å². The second-order valence-corrected chi connectivity index (χ2v) is 5.29. The highest BCUT2D eigenvalue weighted by atomic mass is 19.3. The number of amides is 2. The van der Waals surface area contributed by atoms with E-state index in [0.29, 0.717) is 32.1 Å². The molecule has 1 saturated heterocycles. The molecule has 2 amide bonds. The molecular formula is C14H18F2N2O3. The number of alkyl halides is 2. The van der Waals surface area contributed by atoms with Crippen molar-refractivity contribution in [2.75, 3.05) is 6.54 Å². The van der Waals surface area contributed by atoms with Crippen LogP contribution < -0.4 is 5.32 Å². The number of hydrogen-bond acceptors (Lipinski definition) is 3. The first-order valence-electron chi connectivity index (χ1n) is 6.84. The Morgan fingerprint density at radius 2 is 2.29 bits per heavy atom.